The molecule has 92 valence electrons. The van der Waals surface area contributed by atoms with Gasteiger partial charge >= 0.3 is 5.97 Å². The van der Waals surface area contributed by atoms with Gasteiger partial charge in [0.2, 0.25) is 0 Å². The van der Waals surface area contributed by atoms with E-state index in [2.05, 4.69) is 0 Å². The summed E-state index contributed by atoms with van der Waals surface area (Å²) in [6.45, 7) is 0. The third-order valence-corrected chi connectivity index (χ3v) is 2.75. The van der Waals surface area contributed by atoms with Crippen LogP contribution >= 0.6 is 11.6 Å². The largest absolute Gasteiger partial charge is 0.478 e. The van der Waals surface area contributed by atoms with Crippen LogP contribution in [0.25, 0.3) is 11.1 Å². The van der Waals surface area contributed by atoms with Crippen molar-refractivity contribution in [2.75, 3.05) is 0 Å². The van der Waals surface area contributed by atoms with Gasteiger partial charge in [0.25, 0.3) is 0 Å². The summed E-state index contributed by atoms with van der Waals surface area (Å²) in [5.74, 6) is -2.70. The van der Waals surface area contributed by atoms with Gasteiger partial charge in [-0.05, 0) is 35.9 Å². The molecule has 0 heterocycles. The number of aromatic carboxylic acids is 1. The highest BCUT2D eigenvalue weighted by molar-refractivity contribution is 6.33. The molecule has 1 N–H and O–H groups in total. The van der Waals surface area contributed by atoms with Gasteiger partial charge in [0.15, 0.2) is 0 Å². The molecule has 0 amide bonds. The molecule has 0 aliphatic carbocycles. The van der Waals surface area contributed by atoms with Crippen LogP contribution in [0.3, 0.4) is 0 Å². The van der Waals surface area contributed by atoms with E-state index >= 15 is 0 Å². The van der Waals surface area contributed by atoms with Gasteiger partial charge in [-0.3, -0.25) is 0 Å². The first-order chi connectivity index (χ1) is 8.49. The van der Waals surface area contributed by atoms with E-state index in [4.69, 9.17) is 16.7 Å². The van der Waals surface area contributed by atoms with E-state index in [9.17, 15) is 13.6 Å². The van der Waals surface area contributed by atoms with E-state index in [0.29, 0.717) is 11.1 Å². The average Bonchev–Trinajstić information content (AvgIpc) is 2.28. The van der Waals surface area contributed by atoms with Crippen molar-refractivity contribution < 1.29 is 18.7 Å². The molecule has 2 rings (SSSR count). The SMILES string of the molecule is O=C(O)c1ccc(-c2ccc(F)cc2Cl)cc1F. The van der Waals surface area contributed by atoms with Crippen molar-refractivity contribution in [2.45, 2.75) is 0 Å². The van der Waals surface area contributed by atoms with E-state index < -0.39 is 23.2 Å². The van der Waals surface area contributed by atoms with Gasteiger partial charge in [0.05, 0.1) is 10.6 Å². The summed E-state index contributed by atoms with van der Waals surface area (Å²) >= 11 is 5.84. The second-order valence-corrected chi connectivity index (χ2v) is 4.03. The van der Waals surface area contributed by atoms with Gasteiger partial charge in [-0.1, -0.05) is 17.7 Å². The zero-order valence-electron chi connectivity index (χ0n) is 8.95. The average molecular weight is 269 g/mol. The summed E-state index contributed by atoms with van der Waals surface area (Å²) < 4.78 is 26.4. The molecule has 0 fully saturated rings. The molecule has 0 aliphatic heterocycles. The number of halogens is 3. The smallest absolute Gasteiger partial charge is 0.338 e. The van der Waals surface area contributed by atoms with Crippen molar-refractivity contribution in [2.24, 2.45) is 0 Å². The Hall–Kier alpha value is -1.94. The number of rotatable bonds is 2. The number of carbonyl (C=O) groups is 1. The summed E-state index contributed by atoms with van der Waals surface area (Å²) in [6.07, 6.45) is 0. The fraction of sp³-hybridized carbons (Fsp3) is 0. The molecule has 2 aromatic carbocycles. The molecule has 0 saturated carbocycles. The van der Waals surface area contributed by atoms with Crippen LogP contribution in [-0.2, 0) is 0 Å². The van der Waals surface area contributed by atoms with Crippen LogP contribution in [0.1, 0.15) is 10.4 Å². The number of hydrogen-bond acceptors (Lipinski definition) is 1. The monoisotopic (exact) mass is 268 g/mol. The second kappa shape index (κ2) is 4.74. The third kappa shape index (κ3) is 2.33. The zero-order chi connectivity index (χ0) is 13.3. The van der Waals surface area contributed by atoms with Crippen molar-refractivity contribution in [1.82, 2.24) is 0 Å². The first kappa shape index (κ1) is 12.5. The fourth-order valence-corrected chi connectivity index (χ4v) is 1.86. The van der Waals surface area contributed by atoms with Gasteiger partial charge in [0, 0.05) is 5.56 Å². The molecule has 5 heteroatoms. The molecular weight excluding hydrogens is 262 g/mol. The van der Waals surface area contributed by atoms with Gasteiger partial charge < -0.3 is 5.11 Å². The summed E-state index contributed by atoms with van der Waals surface area (Å²) in [5.41, 5.74) is 0.411. The minimum atomic E-state index is -1.34. The lowest BCUT2D eigenvalue weighted by Crippen LogP contribution is -2.00. The molecule has 0 bridgehead atoms. The standard InChI is InChI=1S/C13H7ClF2O2/c14-11-6-8(15)2-4-9(11)7-1-3-10(13(17)18)12(16)5-7/h1-6H,(H,17,18). The molecule has 0 unspecified atom stereocenters. The first-order valence-corrected chi connectivity index (χ1v) is 5.35. The zero-order valence-corrected chi connectivity index (χ0v) is 9.71. The Balaban J connectivity index is 2.52. The number of carboxylic acids is 1. The predicted molar refractivity (Wildman–Crippen MR) is 63.8 cm³/mol. The first-order valence-electron chi connectivity index (χ1n) is 4.97. The van der Waals surface area contributed by atoms with E-state index in [1.807, 2.05) is 0 Å². The Labute approximate surface area is 106 Å². The highest BCUT2D eigenvalue weighted by atomic mass is 35.5. The molecule has 0 radical (unpaired) electrons. The Morgan fingerprint density at radius 3 is 2.39 bits per heavy atom. The van der Waals surface area contributed by atoms with E-state index in [0.717, 1.165) is 18.2 Å². The molecule has 18 heavy (non-hydrogen) atoms. The quantitative estimate of drug-likeness (QED) is 0.894. The molecule has 0 aliphatic rings. The maximum absolute atomic E-state index is 13.5. The van der Waals surface area contributed by atoms with Gasteiger partial charge in [-0.25, -0.2) is 13.6 Å². The fourth-order valence-electron chi connectivity index (χ4n) is 1.58. The summed E-state index contributed by atoms with van der Waals surface area (Å²) in [6, 6.07) is 7.35. The highest BCUT2D eigenvalue weighted by Gasteiger charge is 2.12. The normalized spacial score (nSPS) is 10.4. The number of carboxylic acid groups (broad SMARTS) is 1. The van der Waals surface area contributed by atoms with E-state index in [1.165, 1.54) is 18.2 Å². The van der Waals surface area contributed by atoms with Gasteiger partial charge in [-0.15, -0.1) is 0 Å². The number of benzene rings is 2. The van der Waals surface area contributed by atoms with E-state index in [-0.39, 0.29) is 5.02 Å². The van der Waals surface area contributed by atoms with E-state index in [1.54, 1.807) is 0 Å². The highest BCUT2D eigenvalue weighted by Crippen LogP contribution is 2.29. The van der Waals surface area contributed by atoms with Crippen LogP contribution in [0, 0.1) is 11.6 Å². The summed E-state index contributed by atoms with van der Waals surface area (Å²) in [7, 11) is 0. The van der Waals surface area contributed by atoms with Crippen LogP contribution in [0.2, 0.25) is 5.02 Å². The third-order valence-electron chi connectivity index (χ3n) is 2.44. The Morgan fingerprint density at radius 2 is 1.83 bits per heavy atom. The van der Waals surface area contributed by atoms with Crippen molar-refractivity contribution in [3.63, 3.8) is 0 Å². The topological polar surface area (TPSA) is 37.3 Å². The maximum Gasteiger partial charge on any atom is 0.338 e. The molecule has 0 aromatic heterocycles. The Kier molecular flexibility index (Phi) is 3.30. The summed E-state index contributed by atoms with van der Waals surface area (Å²) in [5, 5.41) is 8.84. The van der Waals surface area contributed by atoms with Crippen LogP contribution in [-0.4, -0.2) is 11.1 Å². The molecule has 2 nitrogen and oxygen atoms in total. The molecular formula is C13H7ClF2O2. The van der Waals surface area contributed by atoms with Crippen LogP contribution in [0.4, 0.5) is 8.78 Å². The van der Waals surface area contributed by atoms with Crippen LogP contribution < -0.4 is 0 Å². The molecule has 2 aromatic rings. The minimum Gasteiger partial charge on any atom is -0.478 e. The van der Waals surface area contributed by atoms with Crippen molar-refractivity contribution in [3.8, 4) is 11.1 Å². The Bertz CT molecular complexity index is 626. The lowest BCUT2D eigenvalue weighted by atomic mass is 10.0. The lowest BCUT2D eigenvalue weighted by Gasteiger charge is -2.06. The Morgan fingerprint density at radius 1 is 1.11 bits per heavy atom. The molecule has 0 saturated heterocycles. The minimum absolute atomic E-state index is 0.137. The lowest BCUT2D eigenvalue weighted by molar-refractivity contribution is 0.0692. The van der Waals surface area contributed by atoms with Crippen molar-refractivity contribution in [3.05, 3.63) is 58.6 Å². The van der Waals surface area contributed by atoms with Gasteiger partial charge in [-0.2, -0.15) is 0 Å². The van der Waals surface area contributed by atoms with Crippen LogP contribution in [0.5, 0.6) is 0 Å². The maximum atomic E-state index is 13.5. The predicted octanol–water partition coefficient (Wildman–Crippen LogP) is 3.98. The van der Waals surface area contributed by atoms with Crippen molar-refractivity contribution >= 4 is 17.6 Å². The van der Waals surface area contributed by atoms with Crippen molar-refractivity contribution in [1.29, 1.82) is 0 Å². The van der Waals surface area contributed by atoms with Crippen LogP contribution in [0.15, 0.2) is 36.4 Å². The molecule has 0 atom stereocenters. The van der Waals surface area contributed by atoms with Gasteiger partial charge in [0.1, 0.15) is 11.6 Å². The molecule has 0 spiro atoms. The second-order valence-electron chi connectivity index (χ2n) is 3.62. The number of hydrogen-bond donors (Lipinski definition) is 1. The summed E-state index contributed by atoms with van der Waals surface area (Å²) in [4.78, 5) is 10.7.